The largest absolute Gasteiger partial charge is 0.452 e. The van der Waals surface area contributed by atoms with Gasteiger partial charge in [-0.3, -0.25) is 14.9 Å². The Morgan fingerprint density at radius 1 is 1.38 bits per heavy atom. The molecule has 0 bridgehead atoms. The maximum absolute atomic E-state index is 11.4. The number of hydrogen-bond donors (Lipinski definition) is 1. The minimum atomic E-state index is -0.723. The number of nitrogens with zero attached hydrogens (tertiary/aromatic N) is 1. The highest BCUT2D eigenvalue weighted by Crippen LogP contribution is 2.19. The summed E-state index contributed by atoms with van der Waals surface area (Å²) in [4.78, 5) is 33.0. The van der Waals surface area contributed by atoms with Crippen molar-refractivity contribution < 1.29 is 19.2 Å². The van der Waals surface area contributed by atoms with E-state index < -0.39 is 10.9 Å². The smallest absolute Gasteiger partial charge is 0.331 e. The molecule has 21 heavy (non-hydrogen) atoms. The van der Waals surface area contributed by atoms with Crippen molar-refractivity contribution >= 4 is 23.6 Å². The third-order valence-corrected chi connectivity index (χ3v) is 2.82. The van der Waals surface area contributed by atoms with Crippen molar-refractivity contribution in [1.29, 1.82) is 0 Å². The predicted molar refractivity (Wildman–Crippen MR) is 74.3 cm³/mol. The van der Waals surface area contributed by atoms with E-state index >= 15 is 0 Å². The number of carbonyl (C=O) groups excluding carboxylic acids is 2. The number of amides is 1. The second-order valence-corrected chi connectivity index (χ2v) is 4.60. The normalized spacial score (nSPS) is 13.9. The first-order valence-corrected chi connectivity index (χ1v) is 6.44. The van der Waals surface area contributed by atoms with Crippen LogP contribution in [0.4, 0.5) is 5.69 Å². The van der Waals surface area contributed by atoms with Crippen LogP contribution in [0.5, 0.6) is 0 Å². The lowest BCUT2D eigenvalue weighted by atomic mass is 10.1. The number of esters is 1. The lowest BCUT2D eigenvalue weighted by Crippen LogP contribution is -2.30. The van der Waals surface area contributed by atoms with Gasteiger partial charge in [-0.15, -0.1) is 0 Å². The Kier molecular flexibility index (Phi) is 4.65. The van der Waals surface area contributed by atoms with Crippen LogP contribution < -0.4 is 5.32 Å². The Hall–Kier alpha value is -2.70. The number of hydrogen-bond acceptors (Lipinski definition) is 5. The molecule has 0 saturated heterocycles. The lowest BCUT2D eigenvalue weighted by Gasteiger charge is -2.03. The van der Waals surface area contributed by atoms with Crippen LogP contribution in [0.3, 0.4) is 0 Å². The first-order valence-electron chi connectivity index (χ1n) is 6.44. The molecule has 2 rings (SSSR count). The minimum absolute atomic E-state index is 0.104. The van der Waals surface area contributed by atoms with Crippen LogP contribution in [0, 0.1) is 10.1 Å². The van der Waals surface area contributed by atoms with Crippen molar-refractivity contribution in [3.05, 3.63) is 46.0 Å². The van der Waals surface area contributed by atoms with Gasteiger partial charge in [0.25, 0.3) is 11.6 Å². The molecule has 0 atom stereocenters. The quantitative estimate of drug-likeness (QED) is 0.370. The first kappa shape index (κ1) is 14.7. The van der Waals surface area contributed by atoms with E-state index in [9.17, 15) is 19.7 Å². The number of nitro groups is 1. The van der Waals surface area contributed by atoms with E-state index in [1.807, 2.05) is 0 Å². The number of nitrogens with one attached hydrogen (secondary N) is 1. The fourth-order valence-electron chi connectivity index (χ4n) is 1.63. The summed E-state index contributed by atoms with van der Waals surface area (Å²) in [6.07, 6.45) is 4.26. The van der Waals surface area contributed by atoms with Crippen LogP contribution >= 0.6 is 0 Å². The number of carbonyl (C=O) groups is 2. The summed E-state index contributed by atoms with van der Waals surface area (Å²) in [5.41, 5.74) is 0.190. The molecular weight excluding hydrogens is 276 g/mol. The summed E-state index contributed by atoms with van der Waals surface area (Å²) in [6, 6.07) is 6.23. The number of benzene rings is 1. The molecule has 7 heteroatoms. The Labute approximate surface area is 120 Å². The summed E-state index contributed by atoms with van der Waals surface area (Å²) < 4.78 is 4.75. The molecule has 1 amide bonds. The standard InChI is InChI=1S/C14H14N2O5/c17-13(15-11-6-7-11)9-21-14(18)8-5-10-3-1-2-4-12(10)16(19)20/h1-5,8,11H,6-7,9H2,(H,15,17)/b8-5+. The van der Waals surface area contributed by atoms with Gasteiger partial charge in [0.1, 0.15) is 0 Å². The molecule has 0 unspecified atom stereocenters. The molecule has 0 aliphatic heterocycles. The maximum atomic E-state index is 11.4. The molecule has 1 aromatic rings. The fourth-order valence-corrected chi connectivity index (χ4v) is 1.63. The molecule has 7 nitrogen and oxygen atoms in total. The van der Waals surface area contributed by atoms with Crippen LogP contribution in [0.25, 0.3) is 6.08 Å². The Morgan fingerprint density at radius 3 is 2.76 bits per heavy atom. The topological polar surface area (TPSA) is 98.5 Å². The van der Waals surface area contributed by atoms with Crippen LogP contribution in [0.15, 0.2) is 30.3 Å². The molecule has 0 heterocycles. The van der Waals surface area contributed by atoms with E-state index in [1.165, 1.54) is 24.3 Å². The van der Waals surface area contributed by atoms with Gasteiger partial charge in [-0.1, -0.05) is 12.1 Å². The summed E-state index contributed by atoms with van der Waals surface area (Å²) in [6.45, 7) is -0.351. The predicted octanol–water partition coefficient (Wildman–Crippen LogP) is 1.43. The van der Waals surface area contributed by atoms with Crippen molar-refractivity contribution in [1.82, 2.24) is 5.32 Å². The summed E-state index contributed by atoms with van der Waals surface area (Å²) >= 11 is 0. The molecule has 1 N–H and O–H groups in total. The second-order valence-electron chi connectivity index (χ2n) is 4.60. The number of para-hydroxylation sites is 1. The summed E-state index contributed by atoms with van der Waals surface area (Å²) in [5, 5.41) is 13.5. The fraction of sp³-hybridized carbons (Fsp3) is 0.286. The third-order valence-electron chi connectivity index (χ3n) is 2.82. The molecule has 1 fully saturated rings. The van der Waals surface area contributed by atoms with Gasteiger partial charge >= 0.3 is 5.97 Å². The Morgan fingerprint density at radius 2 is 2.10 bits per heavy atom. The van der Waals surface area contributed by atoms with Gasteiger partial charge in [-0.25, -0.2) is 4.79 Å². The van der Waals surface area contributed by atoms with Crippen molar-refractivity contribution in [2.24, 2.45) is 0 Å². The van der Waals surface area contributed by atoms with Crippen LogP contribution in [-0.4, -0.2) is 29.4 Å². The lowest BCUT2D eigenvalue weighted by molar-refractivity contribution is -0.385. The average Bonchev–Trinajstić information content (AvgIpc) is 3.27. The van der Waals surface area contributed by atoms with Gasteiger partial charge in [-0.2, -0.15) is 0 Å². The van der Waals surface area contributed by atoms with Crippen molar-refractivity contribution in [2.75, 3.05) is 6.61 Å². The van der Waals surface area contributed by atoms with Crippen LogP contribution in [-0.2, 0) is 14.3 Å². The molecule has 1 aliphatic rings. The highest BCUT2D eigenvalue weighted by atomic mass is 16.6. The van der Waals surface area contributed by atoms with Gasteiger partial charge in [0.05, 0.1) is 10.5 Å². The van der Waals surface area contributed by atoms with Gasteiger partial charge < -0.3 is 10.1 Å². The van der Waals surface area contributed by atoms with Crippen molar-refractivity contribution in [3.63, 3.8) is 0 Å². The van der Waals surface area contributed by atoms with E-state index in [-0.39, 0.29) is 24.2 Å². The van der Waals surface area contributed by atoms with Gasteiger partial charge in [-0.05, 0) is 25.0 Å². The van der Waals surface area contributed by atoms with E-state index in [0.717, 1.165) is 18.9 Å². The summed E-state index contributed by atoms with van der Waals surface area (Å²) in [7, 11) is 0. The van der Waals surface area contributed by atoms with Gasteiger partial charge in [0.2, 0.25) is 0 Å². The Bertz CT molecular complexity index is 593. The minimum Gasteiger partial charge on any atom is -0.452 e. The molecule has 110 valence electrons. The monoisotopic (exact) mass is 290 g/mol. The van der Waals surface area contributed by atoms with E-state index in [1.54, 1.807) is 6.07 Å². The molecule has 0 spiro atoms. The molecule has 0 radical (unpaired) electrons. The van der Waals surface area contributed by atoms with Crippen LogP contribution in [0.2, 0.25) is 0 Å². The molecule has 0 aromatic heterocycles. The highest BCUT2D eigenvalue weighted by molar-refractivity contribution is 5.90. The molecule has 1 aliphatic carbocycles. The Balaban J connectivity index is 1.86. The van der Waals surface area contributed by atoms with Crippen LogP contribution in [0.1, 0.15) is 18.4 Å². The molecule has 1 aromatic carbocycles. The van der Waals surface area contributed by atoms with Crippen molar-refractivity contribution in [2.45, 2.75) is 18.9 Å². The van der Waals surface area contributed by atoms with E-state index in [4.69, 9.17) is 4.74 Å². The zero-order chi connectivity index (χ0) is 15.2. The van der Waals surface area contributed by atoms with E-state index in [2.05, 4.69) is 5.32 Å². The third kappa shape index (κ3) is 4.72. The highest BCUT2D eigenvalue weighted by Gasteiger charge is 2.23. The number of nitro benzene ring substituents is 1. The maximum Gasteiger partial charge on any atom is 0.331 e. The zero-order valence-corrected chi connectivity index (χ0v) is 11.2. The number of ether oxygens (including phenoxy) is 1. The van der Waals surface area contributed by atoms with Gasteiger partial charge in [0, 0.05) is 18.2 Å². The molecule has 1 saturated carbocycles. The zero-order valence-electron chi connectivity index (χ0n) is 11.2. The van der Waals surface area contributed by atoms with Crippen molar-refractivity contribution in [3.8, 4) is 0 Å². The second kappa shape index (κ2) is 6.65. The number of rotatable bonds is 6. The summed E-state index contributed by atoms with van der Waals surface area (Å²) in [5.74, 6) is -1.07. The molecular formula is C14H14N2O5. The average molecular weight is 290 g/mol. The SMILES string of the molecule is O=C(COC(=O)/C=C/c1ccccc1[N+](=O)[O-])NC1CC1. The van der Waals surface area contributed by atoms with E-state index in [0.29, 0.717) is 5.56 Å². The first-order chi connectivity index (χ1) is 10.1. The van der Waals surface area contributed by atoms with Gasteiger partial charge in [0.15, 0.2) is 6.61 Å².